The van der Waals surface area contributed by atoms with Gasteiger partial charge in [-0.15, -0.1) is 0 Å². The Hall–Kier alpha value is -5.52. The summed E-state index contributed by atoms with van der Waals surface area (Å²) < 4.78 is 13.9. The summed E-state index contributed by atoms with van der Waals surface area (Å²) >= 11 is 0. The zero-order chi connectivity index (χ0) is 35.9. The van der Waals surface area contributed by atoms with E-state index in [1.165, 1.54) is 26.9 Å². The first-order valence-corrected chi connectivity index (χ1v) is 16.7. The molecular formula is C38H44N8O4. The van der Waals surface area contributed by atoms with Gasteiger partial charge < -0.3 is 9.47 Å². The molecule has 260 valence electrons. The van der Waals surface area contributed by atoms with E-state index < -0.39 is 0 Å². The van der Waals surface area contributed by atoms with Gasteiger partial charge in [0, 0.05) is 48.8 Å². The van der Waals surface area contributed by atoms with E-state index in [1.54, 1.807) is 33.9 Å². The molecule has 0 unspecified atom stereocenters. The van der Waals surface area contributed by atoms with Crippen LogP contribution in [0.1, 0.15) is 74.1 Å². The molecule has 0 N–H and O–H groups in total. The molecule has 4 aromatic heterocycles. The van der Waals surface area contributed by atoms with E-state index in [9.17, 15) is 9.59 Å². The normalized spacial score (nSPS) is 11.2. The van der Waals surface area contributed by atoms with Gasteiger partial charge in [0.05, 0.1) is 36.3 Å². The molecule has 6 aromatic rings. The van der Waals surface area contributed by atoms with Gasteiger partial charge >= 0.3 is 12.0 Å². The van der Waals surface area contributed by atoms with Gasteiger partial charge in [-0.3, -0.25) is 9.59 Å². The van der Waals surface area contributed by atoms with E-state index in [4.69, 9.17) is 9.47 Å². The molecule has 12 nitrogen and oxygen atoms in total. The van der Waals surface area contributed by atoms with Gasteiger partial charge in [-0.2, -0.15) is 9.97 Å². The minimum atomic E-state index is -0.00725. The molecule has 0 saturated heterocycles. The Kier molecular flexibility index (Phi) is 11.3. The van der Waals surface area contributed by atoms with E-state index in [-0.39, 0.29) is 11.8 Å². The highest BCUT2D eigenvalue weighted by Gasteiger charge is 2.21. The number of ether oxygens (including phenoxy) is 2. The lowest BCUT2D eigenvalue weighted by Crippen LogP contribution is -2.13. The van der Waals surface area contributed by atoms with Gasteiger partial charge in [0.2, 0.25) is 11.8 Å². The number of nitrogens with zero attached hydrogens (tertiary/aromatic N) is 8. The fourth-order valence-electron chi connectivity index (χ4n) is 5.71. The molecule has 0 bridgehead atoms. The second kappa shape index (κ2) is 15.8. The van der Waals surface area contributed by atoms with Crippen LogP contribution in [0.3, 0.4) is 0 Å². The molecule has 0 fully saturated rings. The molecule has 12 heteroatoms. The summed E-state index contributed by atoms with van der Waals surface area (Å²) in [6, 6.07) is 8.51. The third-order valence-corrected chi connectivity index (χ3v) is 8.42. The number of carbonyl (C=O) groups is 2. The van der Waals surface area contributed by atoms with Gasteiger partial charge in [0.25, 0.3) is 0 Å². The standard InChI is InChI=1S/2C19H22N4O2/c1-12(2)5-6-18(24)23-17-7-13(3)15(14-9-20-11-21-10-14)8-16(17)22-19(23)25-4;1-12(2)5-6-18(24)23-17-8-15(14-9-20-11-21-10-14)13(3)7-16(17)22-19(23)25-4/h2*7-12H,5-6H2,1-4H3. The second-order valence-corrected chi connectivity index (χ2v) is 13.1. The van der Waals surface area contributed by atoms with E-state index in [0.717, 1.165) is 68.3 Å². The van der Waals surface area contributed by atoms with Crippen molar-refractivity contribution in [1.29, 1.82) is 0 Å². The van der Waals surface area contributed by atoms with Crippen molar-refractivity contribution in [3.63, 3.8) is 0 Å². The summed E-state index contributed by atoms with van der Waals surface area (Å²) in [6.45, 7) is 12.4. The molecule has 0 spiro atoms. The van der Waals surface area contributed by atoms with Crippen molar-refractivity contribution >= 4 is 33.9 Å². The topological polar surface area (TPSA) is 140 Å². The lowest BCUT2D eigenvalue weighted by molar-refractivity contribution is 0.0880. The van der Waals surface area contributed by atoms with Gasteiger partial charge in [0.15, 0.2) is 0 Å². The maximum Gasteiger partial charge on any atom is 0.304 e. The monoisotopic (exact) mass is 676 g/mol. The van der Waals surface area contributed by atoms with Crippen molar-refractivity contribution in [2.45, 2.75) is 67.2 Å². The molecule has 0 aliphatic heterocycles. The molecule has 0 saturated carbocycles. The number of carbonyl (C=O) groups excluding carboxylic acids is 2. The molecule has 2 aromatic carbocycles. The average molecular weight is 677 g/mol. The smallest absolute Gasteiger partial charge is 0.304 e. The molecule has 0 aliphatic rings. The lowest BCUT2D eigenvalue weighted by atomic mass is 10.0. The summed E-state index contributed by atoms with van der Waals surface area (Å²) in [4.78, 5) is 50.7. The number of methoxy groups -OCH3 is 2. The Labute approximate surface area is 292 Å². The van der Waals surface area contributed by atoms with E-state index in [0.29, 0.717) is 36.7 Å². The maximum absolute atomic E-state index is 12.8. The van der Waals surface area contributed by atoms with Crippen molar-refractivity contribution in [3.8, 4) is 34.3 Å². The first kappa shape index (κ1) is 35.8. The lowest BCUT2D eigenvalue weighted by Gasteiger charge is -2.10. The largest absolute Gasteiger partial charge is 0.468 e. The van der Waals surface area contributed by atoms with Gasteiger partial charge in [0.1, 0.15) is 12.7 Å². The number of aromatic nitrogens is 8. The SMILES string of the molecule is COc1nc2cc(-c3cncnc3)c(C)cc2n1C(=O)CCC(C)C.COc1nc2cc(C)c(-c3cncnc3)cc2n1C(=O)CCC(C)C. The van der Waals surface area contributed by atoms with Gasteiger partial charge in [-0.1, -0.05) is 27.7 Å². The average Bonchev–Trinajstić information content (AvgIpc) is 3.66. The van der Waals surface area contributed by atoms with E-state index >= 15 is 0 Å². The van der Waals surface area contributed by atoms with Crippen LogP contribution in [-0.2, 0) is 0 Å². The number of imidazole rings is 2. The molecule has 4 heterocycles. The highest BCUT2D eigenvalue weighted by molar-refractivity contribution is 5.95. The minimum absolute atomic E-state index is 0.00300. The molecule has 0 radical (unpaired) electrons. The van der Waals surface area contributed by atoms with Crippen molar-refractivity contribution < 1.29 is 19.1 Å². The van der Waals surface area contributed by atoms with Crippen LogP contribution in [0.4, 0.5) is 0 Å². The Morgan fingerprint density at radius 2 is 1.02 bits per heavy atom. The van der Waals surface area contributed by atoms with Crippen LogP contribution >= 0.6 is 0 Å². The molecule has 0 amide bonds. The Morgan fingerprint density at radius 1 is 0.620 bits per heavy atom. The Morgan fingerprint density at radius 3 is 1.46 bits per heavy atom. The van der Waals surface area contributed by atoms with Crippen LogP contribution in [0.5, 0.6) is 12.0 Å². The summed E-state index contributed by atoms with van der Waals surface area (Å²) in [6.07, 6.45) is 12.6. The number of aryl methyl sites for hydroxylation is 2. The highest BCUT2D eigenvalue weighted by atomic mass is 16.5. The Balaban J connectivity index is 0.000000194. The van der Waals surface area contributed by atoms with Gasteiger partial charge in [-0.25, -0.2) is 29.1 Å². The molecular weight excluding hydrogens is 632 g/mol. The summed E-state index contributed by atoms with van der Waals surface area (Å²) in [5, 5.41) is 0. The molecule has 0 atom stereocenters. The summed E-state index contributed by atoms with van der Waals surface area (Å²) in [5.74, 6) is 0.926. The summed E-state index contributed by atoms with van der Waals surface area (Å²) in [5.41, 5.74) is 8.85. The van der Waals surface area contributed by atoms with E-state index in [1.807, 2.05) is 38.1 Å². The van der Waals surface area contributed by atoms with Crippen molar-refractivity contribution in [1.82, 2.24) is 39.0 Å². The molecule has 6 rings (SSSR count). The quantitative estimate of drug-likeness (QED) is 0.141. The van der Waals surface area contributed by atoms with Crippen LogP contribution in [0, 0.1) is 25.7 Å². The van der Waals surface area contributed by atoms with Crippen molar-refractivity contribution in [3.05, 3.63) is 72.8 Å². The van der Waals surface area contributed by atoms with Crippen LogP contribution < -0.4 is 9.47 Å². The zero-order valence-electron chi connectivity index (χ0n) is 30.0. The van der Waals surface area contributed by atoms with Gasteiger partial charge in [-0.05, 0) is 85.0 Å². The van der Waals surface area contributed by atoms with Crippen LogP contribution in [0.2, 0.25) is 0 Å². The van der Waals surface area contributed by atoms with Crippen LogP contribution in [-0.4, -0.2) is 65.1 Å². The fourth-order valence-corrected chi connectivity index (χ4v) is 5.71. The predicted molar refractivity (Wildman–Crippen MR) is 193 cm³/mol. The number of hydrogen-bond donors (Lipinski definition) is 0. The molecule has 50 heavy (non-hydrogen) atoms. The summed E-state index contributed by atoms with van der Waals surface area (Å²) in [7, 11) is 3.07. The fraction of sp³-hybridized carbons (Fsp3) is 0.368. The van der Waals surface area contributed by atoms with Crippen LogP contribution in [0.15, 0.2) is 61.7 Å². The number of hydrogen-bond acceptors (Lipinski definition) is 10. The highest BCUT2D eigenvalue weighted by Crippen LogP contribution is 2.32. The number of rotatable bonds is 10. The third kappa shape index (κ3) is 7.85. The maximum atomic E-state index is 12.8. The first-order chi connectivity index (χ1) is 24.0. The van der Waals surface area contributed by atoms with Crippen LogP contribution in [0.25, 0.3) is 44.3 Å². The second-order valence-electron chi connectivity index (χ2n) is 13.1. The minimum Gasteiger partial charge on any atom is -0.468 e. The first-order valence-electron chi connectivity index (χ1n) is 16.7. The van der Waals surface area contributed by atoms with E-state index in [2.05, 4.69) is 57.6 Å². The van der Waals surface area contributed by atoms with Crippen molar-refractivity contribution in [2.75, 3.05) is 14.2 Å². The Bertz CT molecular complexity index is 2100. The predicted octanol–water partition coefficient (Wildman–Crippen LogP) is 7.77. The third-order valence-electron chi connectivity index (χ3n) is 8.42. The number of fused-ring (bicyclic) bond motifs is 2. The zero-order valence-corrected chi connectivity index (χ0v) is 30.0. The number of benzene rings is 2. The van der Waals surface area contributed by atoms with Crippen molar-refractivity contribution in [2.24, 2.45) is 11.8 Å². The molecule has 0 aliphatic carbocycles.